The van der Waals surface area contributed by atoms with Gasteiger partial charge in [0, 0.05) is 29.8 Å². The van der Waals surface area contributed by atoms with E-state index in [-0.39, 0.29) is 5.03 Å². The van der Waals surface area contributed by atoms with Crippen molar-refractivity contribution in [1.82, 2.24) is 9.55 Å². The van der Waals surface area contributed by atoms with Crippen LogP contribution in [-0.2, 0) is 15.6 Å². The minimum Gasteiger partial charge on any atom is -0.336 e. The smallest absolute Gasteiger partial charge is 0.280 e. The van der Waals surface area contributed by atoms with Crippen molar-refractivity contribution < 1.29 is 8.42 Å². The molecule has 0 bridgehead atoms. The van der Waals surface area contributed by atoms with Crippen molar-refractivity contribution in [3.63, 3.8) is 0 Å². The molecule has 0 aliphatic carbocycles. The molecule has 0 fully saturated rings. The lowest BCUT2D eigenvalue weighted by molar-refractivity contribution is 0.604. The van der Waals surface area contributed by atoms with Gasteiger partial charge >= 0.3 is 0 Å². The molecule has 82 valence electrons. The zero-order valence-corrected chi connectivity index (χ0v) is 9.50. The minimum absolute atomic E-state index is 0.135. The highest BCUT2D eigenvalue weighted by Gasteiger charge is 2.12. The standard InChI is InChI=1S/C8H10ClN3O2S/c9-15(13,14)8-6-12(7-11-8)5-3-1-2-4-10/h6-7H,1-3,5H2. The Morgan fingerprint density at radius 2 is 2.27 bits per heavy atom. The first-order valence-corrected chi connectivity index (χ1v) is 6.68. The molecular formula is C8H10ClN3O2S. The molecule has 0 radical (unpaired) electrons. The molecule has 5 nitrogen and oxygen atoms in total. The van der Waals surface area contributed by atoms with Gasteiger partial charge in [-0.3, -0.25) is 0 Å². The Kier molecular flexibility index (Phi) is 4.12. The molecule has 1 rings (SSSR count). The number of hydrogen-bond donors (Lipinski definition) is 0. The number of rotatable bonds is 5. The number of aryl methyl sites for hydroxylation is 1. The summed E-state index contributed by atoms with van der Waals surface area (Å²) in [7, 11) is 1.38. The Balaban J connectivity index is 2.51. The second-order valence-electron chi connectivity index (χ2n) is 3.00. The Labute approximate surface area is 92.7 Å². The van der Waals surface area contributed by atoms with Crippen molar-refractivity contribution in [2.24, 2.45) is 0 Å². The second kappa shape index (κ2) is 5.14. The molecule has 0 unspecified atom stereocenters. The van der Waals surface area contributed by atoms with E-state index in [2.05, 4.69) is 4.98 Å². The summed E-state index contributed by atoms with van der Waals surface area (Å²) < 4.78 is 23.4. The summed E-state index contributed by atoms with van der Waals surface area (Å²) in [6, 6.07) is 2.04. The molecule has 1 aromatic rings. The number of halogens is 1. The summed E-state index contributed by atoms with van der Waals surface area (Å²) in [6.07, 6.45) is 4.91. The Morgan fingerprint density at radius 1 is 1.53 bits per heavy atom. The van der Waals surface area contributed by atoms with E-state index in [0.29, 0.717) is 13.0 Å². The number of hydrogen-bond acceptors (Lipinski definition) is 4. The van der Waals surface area contributed by atoms with Crippen molar-refractivity contribution in [2.45, 2.75) is 30.8 Å². The van der Waals surface area contributed by atoms with Gasteiger partial charge in [0.1, 0.15) is 0 Å². The maximum Gasteiger partial charge on any atom is 0.280 e. The largest absolute Gasteiger partial charge is 0.336 e. The van der Waals surface area contributed by atoms with E-state index >= 15 is 0 Å². The van der Waals surface area contributed by atoms with Gasteiger partial charge in [-0.2, -0.15) is 5.26 Å². The van der Waals surface area contributed by atoms with Crippen LogP contribution < -0.4 is 0 Å². The molecule has 15 heavy (non-hydrogen) atoms. The summed E-state index contributed by atoms with van der Waals surface area (Å²) >= 11 is 0. The number of unbranched alkanes of at least 4 members (excludes halogenated alkanes) is 2. The van der Waals surface area contributed by atoms with Crippen LogP contribution in [0.3, 0.4) is 0 Å². The quantitative estimate of drug-likeness (QED) is 0.584. The summed E-state index contributed by atoms with van der Waals surface area (Å²) in [4.78, 5) is 3.66. The Morgan fingerprint density at radius 3 is 2.80 bits per heavy atom. The average molecular weight is 248 g/mol. The van der Waals surface area contributed by atoms with Gasteiger partial charge in [0.25, 0.3) is 9.05 Å². The third-order valence-electron chi connectivity index (χ3n) is 1.81. The third kappa shape index (κ3) is 3.90. The highest BCUT2D eigenvalue weighted by molar-refractivity contribution is 8.13. The van der Waals surface area contributed by atoms with Crippen LogP contribution in [0.1, 0.15) is 19.3 Å². The number of aromatic nitrogens is 2. The van der Waals surface area contributed by atoms with E-state index in [1.54, 1.807) is 4.57 Å². The molecule has 7 heteroatoms. The van der Waals surface area contributed by atoms with Gasteiger partial charge in [-0.25, -0.2) is 13.4 Å². The molecule has 0 atom stereocenters. The predicted octanol–water partition coefficient (Wildman–Crippen LogP) is 1.50. The van der Waals surface area contributed by atoms with Crippen molar-refractivity contribution in [2.75, 3.05) is 0 Å². The monoisotopic (exact) mass is 247 g/mol. The average Bonchev–Trinajstić information content (AvgIpc) is 2.60. The normalized spacial score (nSPS) is 11.2. The van der Waals surface area contributed by atoms with Crippen LogP contribution in [0, 0.1) is 11.3 Å². The zero-order valence-electron chi connectivity index (χ0n) is 7.93. The lowest BCUT2D eigenvalue weighted by Gasteiger charge is -1.98. The van der Waals surface area contributed by atoms with Gasteiger partial charge in [0.15, 0.2) is 5.03 Å². The SMILES string of the molecule is N#CCCCCn1cnc(S(=O)(=O)Cl)c1. The zero-order chi connectivity index (χ0) is 11.3. The van der Waals surface area contributed by atoms with Gasteiger partial charge in [-0.05, 0) is 12.8 Å². The molecule has 0 aliphatic rings. The first-order chi connectivity index (χ1) is 7.04. The van der Waals surface area contributed by atoms with E-state index in [1.165, 1.54) is 12.5 Å². The third-order valence-corrected chi connectivity index (χ3v) is 3.00. The van der Waals surface area contributed by atoms with Gasteiger partial charge < -0.3 is 4.57 Å². The van der Waals surface area contributed by atoms with Crippen LogP contribution >= 0.6 is 10.7 Å². The Hall–Kier alpha value is -1.06. The first-order valence-electron chi connectivity index (χ1n) is 4.37. The second-order valence-corrected chi connectivity index (χ2v) is 5.52. The Bertz CT molecular complexity index is 460. The van der Waals surface area contributed by atoms with E-state index in [9.17, 15) is 8.42 Å². The number of imidazole rings is 1. The first kappa shape index (κ1) is 12.0. The van der Waals surface area contributed by atoms with Crippen LogP contribution in [0.25, 0.3) is 0 Å². The lowest BCUT2D eigenvalue weighted by Crippen LogP contribution is -1.94. The predicted molar refractivity (Wildman–Crippen MR) is 54.7 cm³/mol. The summed E-state index contributed by atoms with van der Waals surface area (Å²) in [5, 5.41) is 8.17. The molecular weight excluding hydrogens is 238 g/mol. The summed E-state index contributed by atoms with van der Waals surface area (Å²) in [5.41, 5.74) is 0. The van der Waals surface area contributed by atoms with E-state index in [4.69, 9.17) is 15.9 Å². The van der Waals surface area contributed by atoms with Gasteiger partial charge in [0.05, 0.1) is 12.4 Å². The van der Waals surface area contributed by atoms with E-state index < -0.39 is 9.05 Å². The van der Waals surface area contributed by atoms with E-state index in [0.717, 1.165) is 12.8 Å². The highest BCUT2D eigenvalue weighted by Crippen LogP contribution is 2.11. The molecule has 0 saturated carbocycles. The topological polar surface area (TPSA) is 75.8 Å². The van der Waals surface area contributed by atoms with Crippen LogP contribution in [-0.4, -0.2) is 18.0 Å². The fourth-order valence-corrected chi connectivity index (χ4v) is 1.76. The van der Waals surface area contributed by atoms with E-state index in [1.807, 2.05) is 6.07 Å². The fourth-order valence-electron chi connectivity index (χ4n) is 1.09. The van der Waals surface area contributed by atoms with Gasteiger partial charge in [0.2, 0.25) is 0 Å². The lowest BCUT2D eigenvalue weighted by atomic mass is 10.2. The van der Waals surface area contributed by atoms with Crippen molar-refractivity contribution in [3.05, 3.63) is 12.5 Å². The van der Waals surface area contributed by atoms with Crippen LogP contribution in [0.2, 0.25) is 0 Å². The van der Waals surface area contributed by atoms with Crippen molar-refractivity contribution in [1.29, 1.82) is 5.26 Å². The molecule has 1 heterocycles. The molecule has 0 spiro atoms. The van der Waals surface area contributed by atoms with Crippen molar-refractivity contribution >= 4 is 19.7 Å². The van der Waals surface area contributed by atoms with Crippen LogP contribution in [0.5, 0.6) is 0 Å². The summed E-state index contributed by atoms with van der Waals surface area (Å²) in [5.74, 6) is 0. The molecule has 1 aromatic heterocycles. The number of nitriles is 1. The maximum absolute atomic E-state index is 10.9. The van der Waals surface area contributed by atoms with Crippen LogP contribution in [0.15, 0.2) is 17.6 Å². The van der Waals surface area contributed by atoms with Crippen molar-refractivity contribution in [3.8, 4) is 6.07 Å². The number of nitrogens with zero attached hydrogens (tertiary/aromatic N) is 3. The maximum atomic E-state index is 10.9. The molecule has 0 aromatic carbocycles. The highest BCUT2D eigenvalue weighted by atomic mass is 35.7. The van der Waals surface area contributed by atoms with Gasteiger partial charge in [-0.1, -0.05) is 0 Å². The van der Waals surface area contributed by atoms with Gasteiger partial charge in [-0.15, -0.1) is 0 Å². The molecule has 0 amide bonds. The van der Waals surface area contributed by atoms with Crippen LogP contribution in [0.4, 0.5) is 0 Å². The summed E-state index contributed by atoms with van der Waals surface area (Å²) in [6.45, 7) is 0.640. The molecule has 0 aliphatic heterocycles. The molecule has 0 saturated heterocycles. The fraction of sp³-hybridized carbons (Fsp3) is 0.500. The molecule has 0 N–H and O–H groups in total. The minimum atomic E-state index is -3.73.